The van der Waals surface area contributed by atoms with E-state index in [4.69, 9.17) is 10.2 Å². The van der Waals surface area contributed by atoms with Crippen molar-refractivity contribution < 1.29 is 5.11 Å². The molecule has 1 saturated heterocycles. The number of aromatic nitrogens is 3. The average Bonchev–Trinajstić information content (AvgIpc) is 3.38. The summed E-state index contributed by atoms with van der Waals surface area (Å²) in [7, 11) is 0. The van der Waals surface area contributed by atoms with Gasteiger partial charge in [-0.2, -0.15) is 5.26 Å². The van der Waals surface area contributed by atoms with Crippen LogP contribution in [0.15, 0.2) is 30.5 Å². The minimum atomic E-state index is 0.230. The molecule has 2 aliphatic heterocycles. The molecule has 0 bridgehead atoms. The van der Waals surface area contributed by atoms with Gasteiger partial charge < -0.3 is 15.0 Å². The first-order valence-corrected chi connectivity index (χ1v) is 9.27. The number of rotatable bonds is 3. The van der Waals surface area contributed by atoms with Gasteiger partial charge in [-0.3, -0.25) is 4.90 Å². The lowest BCUT2D eigenvalue weighted by molar-refractivity contribution is 0.363. The molecule has 2 aromatic heterocycles. The number of pyridine rings is 1. The van der Waals surface area contributed by atoms with E-state index in [1.54, 1.807) is 12.1 Å². The fourth-order valence-electron chi connectivity index (χ4n) is 4.32. The van der Waals surface area contributed by atoms with Crippen molar-refractivity contribution in [3.8, 4) is 23.2 Å². The second kappa shape index (κ2) is 6.25. The van der Waals surface area contributed by atoms with E-state index in [-0.39, 0.29) is 11.8 Å². The number of hydrogen-bond acceptors (Lipinski definition) is 6. The Balaban J connectivity index is 1.72. The van der Waals surface area contributed by atoms with Gasteiger partial charge in [0.25, 0.3) is 0 Å². The molecule has 4 heterocycles. The summed E-state index contributed by atoms with van der Waals surface area (Å²) in [6.07, 6.45) is 3.74. The molecular weight excluding hydrogens is 340 g/mol. The molecule has 5 rings (SSSR count). The molecule has 1 unspecified atom stereocenters. The highest BCUT2D eigenvalue weighted by molar-refractivity contribution is 5.87. The minimum absolute atomic E-state index is 0.230. The van der Waals surface area contributed by atoms with Crippen molar-refractivity contribution in [2.45, 2.75) is 18.9 Å². The van der Waals surface area contributed by atoms with Crippen LogP contribution < -0.4 is 5.32 Å². The molecule has 2 N–H and O–H groups in total. The molecule has 0 radical (unpaired) electrons. The van der Waals surface area contributed by atoms with Gasteiger partial charge >= 0.3 is 0 Å². The number of aromatic hydroxyl groups is 1. The number of hydrogen-bond donors (Lipinski definition) is 2. The summed E-state index contributed by atoms with van der Waals surface area (Å²) in [6.45, 7) is 3.07. The van der Waals surface area contributed by atoms with Crippen LogP contribution in [0.4, 0.5) is 5.82 Å². The van der Waals surface area contributed by atoms with Crippen molar-refractivity contribution in [3.63, 3.8) is 0 Å². The van der Waals surface area contributed by atoms with E-state index in [9.17, 15) is 5.11 Å². The number of imidazole rings is 1. The lowest BCUT2D eigenvalue weighted by Gasteiger charge is -2.18. The molecule has 3 aromatic rings. The van der Waals surface area contributed by atoms with Crippen molar-refractivity contribution in [3.05, 3.63) is 36.0 Å². The summed E-state index contributed by atoms with van der Waals surface area (Å²) in [5.41, 5.74) is 4.12. The monoisotopic (exact) mass is 360 g/mol. The van der Waals surface area contributed by atoms with Gasteiger partial charge in [-0.1, -0.05) is 12.1 Å². The highest BCUT2D eigenvalue weighted by atomic mass is 16.3. The molecular formula is C20H20N6O. The number of phenolic OH excluding ortho intramolecular Hbond substituents is 1. The molecule has 1 fully saturated rings. The Bertz CT molecular complexity index is 1070. The molecule has 0 saturated carbocycles. The van der Waals surface area contributed by atoms with Crippen molar-refractivity contribution in [2.24, 2.45) is 0 Å². The third kappa shape index (κ3) is 2.61. The second-order valence-corrected chi connectivity index (χ2v) is 7.19. The van der Waals surface area contributed by atoms with Crippen LogP contribution in [0, 0.1) is 11.3 Å². The molecule has 2 aliphatic rings. The fraction of sp³-hybridized carbons (Fsp3) is 0.350. The SMILES string of the molecule is N#CCN1CCC(n2c(-c3cccc(O)c3)nc3cnc4c(c32)CCN4)C1. The van der Waals surface area contributed by atoms with Crippen LogP contribution in [0.5, 0.6) is 5.75 Å². The van der Waals surface area contributed by atoms with Gasteiger partial charge in [0.1, 0.15) is 22.9 Å². The minimum Gasteiger partial charge on any atom is -0.508 e. The van der Waals surface area contributed by atoms with Crippen LogP contribution in [-0.4, -0.2) is 50.7 Å². The van der Waals surface area contributed by atoms with Crippen LogP contribution in [-0.2, 0) is 6.42 Å². The lowest BCUT2D eigenvalue weighted by Crippen LogP contribution is -2.22. The molecule has 27 heavy (non-hydrogen) atoms. The summed E-state index contributed by atoms with van der Waals surface area (Å²) < 4.78 is 2.31. The Morgan fingerprint density at radius 2 is 2.30 bits per heavy atom. The van der Waals surface area contributed by atoms with Gasteiger partial charge in [0.2, 0.25) is 0 Å². The van der Waals surface area contributed by atoms with Crippen molar-refractivity contribution in [1.29, 1.82) is 5.26 Å². The van der Waals surface area contributed by atoms with Crippen LogP contribution >= 0.6 is 0 Å². The molecule has 0 amide bonds. The van der Waals surface area contributed by atoms with Crippen LogP contribution in [0.1, 0.15) is 18.0 Å². The van der Waals surface area contributed by atoms with Gasteiger partial charge in [-0.05, 0) is 25.0 Å². The molecule has 0 spiro atoms. The number of anilines is 1. The fourth-order valence-corrected chi connectivity index (χ4v) is 4.32. The normalized spacial score (nSPS) is 19.1. The second-order valence-electron chi connectivity index (χ2n) is 7.19. The van der Waals surface area contributed by atoms with Gasteiger partial charge in [0.15, 0.2) is 0 Å². The number of likely N-dealkylation sites (tertiary alicyclic amines) is 1. The highest BCUT2D eigenvalue weighted by Crippen LogP contribution is 2.37. The molecule has 1 aromatic carbocycles. The van der Waals surface area contributed by atoms with E-state index in [2.05, 4.69) is 25.8 Å². The first kappa shape index (κ1) is 16.1. The Hall–Kier alpha value is -3.11. The van der Waals surface area contributed by atoms with Crippen LogP contribution in [0.2, 0.25) is 0 Å². The van der Waals surface area contributed by atoms with E-state index in [0.29, 0.717) is 6.54 Å². The smallest absolute Gasteiger partial charge is 0.141 e. The standard InChI is InChI=1S/C20H20N6O/c21-6-9-25-8-5-14(12-25)26-18-16-4-7-22-19(16)23-11-17(18)24-20(26)13-2-1-3-15(27)10-13/h1-3,10-11,14,27H,4-5,7-9,12H2,(H,22,23). The lowest BCUT2D eigenvalue weighted by atomic mass is 10.1. The number of nitrogens with one attached hydrogen (secondary N) is 1. The summed E-state index contributed by atoms with van der Waals surface area (Å²) in [5.74, 6) is 2.03. The van der Waals surface area contributed by atoms with Crippen LogP contribution in [0.3, 0.4) is 0 Å². The predicted molar refractivity (Wildman–Crippen MR) is 103 cm³/mol. The predicted octanol–water partition coefficient (Wildman–Crippen LogP) is 2.54. The van der Waals surface area contributed by atoms with E-state index >= 15 is 0 Å². The van der Waals surface area contributed by atoms with Gasteiger partial charge in [0, 0.05) is 36.8 Å². The first-order valence-electron chi connectivity index (χ1n) is 9.27. The molecule has 7 nitrogen and oxygen atoms in total. The van der Waals surface area contributed by atoms with E-state index < -0.39 is 0 Å². The molecule has 7 heteroatoms. The number of fused-ring (bicyclic) bond motifs is 3. The van der Waals surface area contributed by atoms with Gasteiger partial charge in [0.05, 0.1) is 24.3 Å². The molecule has 136 valence electrons. The quantitative estimate of drug-likeness (QED) is 0.698. The number of nitrogens with zero attached hydrogens (tertiary/aromatic N) is 5. The topological polar surface area (TPSA) is 90.0 Å². The summed E-state index contributed by atoms with van der Waals surface area (Å²) in [4.78, 5) is 11.6. The van der Waals surface area contributed by atoms with Gasteiger partial charge in [-0.25, -0.2) is 9.97 Å². The Morgan fingerprint density at radius 1 is 1.37 bits per heavy atom. The Labute approximate surface area is 156 Å². The van der Waals surface area contributed by atoms with Gasteiger partial charge in [-0.15, -0.1) is 0 Å². The maximum atomic E-state index is 9.97. The largest absolute Gasteiger partial charge is 0.508 e. The number of nitriles is 1. The summed E-state index contributed by atoms with van der Waals surface area (Å²) in [5, 5.41) is 22.4. The van der Waals surface area contributed by atoms with E-state index in [1.807, 2.05) is 18.3 Å². The molecule has 0 aliphatic carbocycles. The van der Waals surface area contributed by atoms with E-state index in [1.165, 1.54) is 5.56 Å². The van der Waals surface area contributed by atoms with Crippen molar-refractivity contribution >= 4 is 16.9 Å². The molecule has 1 atom stereocenters. The first-order chi connectivity index (χ1) is 13.2. The van der Waals surface area contributed by atoms with E-state index in [0.717, 1.165) is 60.7 Å². The highest BCUT2D eigenvalue weighted by Gasteiger charge is 2.30. The summed E-state index contributed by atoms with van der Waals surface area (Å²) in [6, 6.07) is 9.75. The number of phenols is 1. The third-order valence-corrected chi connectivity index (χ3v) is 5.50. The zero-order valence-electron chi connectivity index (χ0n) is 14.9. The Kier molecular flexibility index (Phi) is 3.73. The maximum absolute atomic E-state index is 9.97. The zero-order chi connectivity index (χ0) is 18.4. The zero-order valence-corrected chi connectivity index (χ0v) is 14.9. The van der Waals surface area contributed by atoms with Crippen molar-refractivity contribution in [2.75, 3.05) is 31.5 Å². The van der Waals surface area contributed by atoms with Crippen LogP contribution in [0.25, 0.3) is 22.4 Å². The Morgan fingerprint density at radius 3 is 3.15 bits per heavy atom. The average molecular weight is 360 g/mol. The third-order valence-electron chi connectivity index (χ3n) is 5.50. The van der Waals surface area contributed by atoms with Crippen molar-refractivity contribution in [1.82, 2.24) is 19.4 Å². The maximum Gasteiger partial charge on any atom is 0.141 e. The summed E-state index contributed by atoms with van der Waals surface area (Å²) >= 11 is 0. The number of benzene rings is 1.